The van der Waals surface area contributed by atoms with Gasteiger partial charge in [-0.25, -0.2) is 9.07 Å². The molecule has 0 atom stereocenters. The predicted molar refractivity (Wildman–Crippen MR) is 106 cm³/mol. The molecule has 1 aromatic carbocycles. The smallest absolute Gasteiger partial charge is 0.276 e. The molecule has 1 amide bonds. The van der Waals surface area contributed by atoms with E-state index in [4.69, 9.17) is 4.74 Å². The van der Waals surface area contributed by atoms with E-state index in [1.807, 2.05) is 19.1 Å². The second kappa shape index (κ2) is 7.08. The molecule has 0 radical (unpaired) electrons. The van der Waals surface area contributed by atoms with Gasteiger partial charge in [-0.05, 0) is 43.9 Å². The van der Waals surface area contributed by atoms with Crippen LogP contribution in [0.15, 0.2) is 30.5 Å². The quantitative estimate of drug-likeness (QED) is 0.740. The second-order valence-electron chi connectivity index (χ2n) is 7.53. The Morgan fingerprint density at radius 3 is 3.03 bits per heavy atom. The fraction of sp³-hybridized carbons (Fsp3) is 0.318. The van der Waals surface area contributed by atoms with Gasteiger partial charge in [0, 0.05) is 28.9 Å². The van der Waals surface area contributed by atoms with Crippen LogP contribution in [0.3, 0.4) is 0 Å². The number of para-hydroxylation sites is 1. The number of aryl methyl sites for hydroxylation is 1. The number of ether oxygens (including phenoxy) is 1. The third kappa shape index (κ3) is 3.11. The Hall–Kier alpha value is -3.06. The van der Waals surface area contributed by atoms with E-state index in [2.05, 4.69) is 15.4 Å². The van der Waals surface area contributed by atoms with Crippen molar-refractivity contribution in [1.29, 1.82) is 0 Å². The van der Waals surface area contributed by atoms with Crippen LogP contribution in [0.4, 0.5) is 10.1 Å². The van der Waals surface area contributed by atoms with Crippen LogP contribution < -0.4 is 5.32 Å². The number of benzene rings is 1. The number of pyridine rings is 1. The molecule has 1 N–H and O–H groups in total. The van der Waals surface area contributed by atoms with Gasteiger partial charge in [0.15, 0.2) is 5.69 Å². The fourth-order valence-corrected chi connectivity index (χ4v) is 4.19. The molecule has 1 aliphatic heterocycles. The highest BCUT2D eigenvalue weighted by Gasteiger charge is 2.28. The van der Waals surface area contributed by atoms with Crippen molar-refractivity contribution in [3.63, 3.8) is 0 Å². The molecule has 5 rings (SSSR count). The molecule has 3 aromatic rings. The summed E-state index contributed by atoms with van der Waals surface area (Å²) in [6.07, 6.45) is 4.92. The average molecular weight is 392 g/mol. The fourth-order valence-electron chi connectivity index (χ4n) is 4.19. The highest BCUT2D eigenvalue weighted by atomic mass is 19.1. The molecular formula is C22H21FN4O2. The first-order chi connectivity index (χ1) is 14.1. The standard InChI is InChI=1S/C22H21FN4O2/c1-13-4-2-6-17(23)21(13)27-19-7-3-5-16(19)20(26-27)22(28)25-15-10-14-12-29-9-8-18(14)24-11-15/h2,4,6,10-11H,3,5,7-9,12H2,1H3,(H,25,28). The Kier molecular flexibility index (Phi) is 4.39. The highest BCUT2D eigenvalue weighted by Crippen LogP contribution is 2.30. The Labute approximate surface area is 167 Å². The summed E-state index contributed by atoms with van der Waals surface area (Å²) in [7, 11) is 0. The number of rotatable bonds is 3. The highest BCUT2D eigenvalue weighted by molar-refractivity contribution is 6.04. The molecule has 0 saturated carbocycles. The number of hydrogen-bond donors (Lipinski definition) is 1. The summed E-state index contributed by atoms with van der Waals surface area (Å²) in [6, 6.07) is 6.85. The lowest BCUT2D eigenvalue weighted by atomic mass is 10.1. The lowest BCUT2D eigenvalue weighted by molar-refractivity contribution is 0.101. The average Bonchev–Trinajstić information content (AvgIpc) is 3.31. The van der Waals surface area contributed by atoms with Crippen molar-refractivity contribution in [2.75, 3.05) is 11.9 Å². The van der Waals surface area contributed by atoms with Crippen molar-refractivity contribution < 1.29 is 13.9 Å². The van der Waals surface area contributed by atoms with E-state index in [1.165, 1.54) is 6.07 Å². The number of hydrogen-bond acceptors (Lipinski definition) is 4. The van der Waals surface area contributed by atoms with E-state index >= 15 is 0 Å². The van der Waals surface area contributed by atoms with Gasteiger partial charge in [0.2, 0.25) is 0 Å². The number of amides is 1. The SMILES string of the molecule is Cc1cccc(F)c1-n1nc(C(=O)Nc2cnc3c(c2)COCC3)c2c1CCC2. The van der Waals surface area contributed by atoms with Crippen LogP contribution in [-0.4, -0.2) is 27.3 Å². The van der Waals surface area contributed by atoms with Crippen molar-refractivity contribution in [2.24, 2.45) is 0 Å². The number of nitrogens with zero attached hydrogens (tertiary/aromatic N) is 3. The molecular weight excluding hydrogens is 371 g/mol. The van der Waals surface area contributed by atoms with Crippen LogP contribution in [-0.2, 0) is 30.6 Å². The Bertz CT molecular complexity index is 1100. The van der Waals surface area contributed by atoms with Crippen molar-refractivity contribution in [1.82, 2.24) is 14.8 Å². The summed E-state index contributed by atoms with van der Waals surface area (Å²) in [5.41, 5.74) is 5.99. The number of nitrogens with one attached hydrogen (secondary N) is 1. The molecule has 1 aliphatic carbocycles. The van der Waals surface area contributed by atoms with E-state index < -0.39 is 0 Å². The number of halogens is 1. The van der Waals surface area contributed by atoms with Gasteiger partial charge in [-0.1, -0.05) is 12.1 Å². The van der Waals surface area contributed by atoms with Crippen LogP contribution in [0.25, 0.3) is 5.69 Å². The van der Waals surface area contributed by atoms with Crippen LogP contribution in [0.1, 0.15) is 45.0 Å². The molecule has 0 unspecified atom stereocenters. The van der Waals surface area contributed by atoms with E-state index in [0.29, 0.717) is 30.3 Å². The summed E-state index contributed by atoms with van der Waals surface area (Å²) in [5.74, 6) is -0.637. The summed E-state index contributed by atoms with van der Waals surface area (Å²) in [4.78, 5) is 17.5. The van der Waals surface area contributed by atoms with Crippen LogP contribution in [0.5, 0.6) is 0 Å². The Morgan fingerprint density at radius 2 is 2.17 bits per heavy atom. The van der Waals surface area contributed by atoms with Gasteiger partial charge in [-0.3, -0.25) is 9.78 Å². The van der Waals surface area contributed by atoms with Gasteiger partial charge in [0.05, 0.1) is 25.1 Å². The number of fused-ring (bicyclic) bond motifs is 2. The summed E-state index contributed by atoms with van der Waals surface area (Å²) >= 11 is 0. The molecule has 0 spiro atoms. The second-order valence-corrected chi connectivity index (χ2v) is 7.53. The molecule has 29 heavy (non-hydrogen) atoms. The molecule has 6 nitrogen and oxygen atoms in total. The van der Waals surface area contributed by atoms with Gasteiger partial charge in [0.1, 0.15) is 11.5 Å². The maximum Gasteiger partial charge on any atom is 0.276 e. The summed E-state index contributed by atoms with van der Waals surface area (Å²) in [5, 5.41) is 7.43. The van der Waals surface area contributed by atoms with E-state index in [0.717, 1.165) is 53.8 Å². The molecule has 148 valence electrons. The van der Waals surface area contributed by atoms with Gasteiger partial charge >= 0.3 is 0 Å². The number of anilines is 1. The Morgan fingerprint density at radius 1 is 1.28 bits per heavy atom. The molecule has 0 fully saturated rings. The summed E-state index contributed by atoms with van der Waals surface area (Å²) < 4.78 is 21.6. The minimum atomic E-state index is -0.340. The predicted octanol–water partition coefficient (Wildman–Crippen LogP) is 3.53. The molecule has 0 bridgehead atoms. The maximum absolute atomic E-state index is 14.5. The largest absolute Gasteiger partial charge is 0.376 e. The van der Waals surface area contributed by atoms with E-state index in [9.17, 15) is 9.18 Å². The van der Waals surface area contributed by atoms with E-state index in [1.54, 1.807) is 16.9 Å². The lowest BCUT2D eigenvalue weighted by Gasteiger charge is -2.16. The van der Waals surface area contributed by atoms with E-state index in [-0.39, 0.29) is 11.7 Å². The molecule has 7 heteroatoms. The van der Waals surface area contributed by atoms with Crippen molar-refractivity contribution in [2.45, 2.75) is 39.2 Å². The molecule has 0 saturated heterocycles. The zero-order chi connectivity index (χ0) is 20.0. The zero-order valence-electron chi connectivity index (χ0n) is 16.2. The van der Waals surface area contributed by atoms with Gasteiger partial charge in [-0.15, -0.1) is 0 Å². The molecule has 2 aromatic heterocycles. The third-order valence-electron chi connectivity index (χ3n) is 5.60. The van der Waals surface area contributed by atoms with Crippen LogP contribution in [0, 0.1) is 12.7 Å². The van der Waals surface area contributed by atoms with Gasteiger partial charge in [-0.2, -0.15) is 5.10 Å². The first-order valence-corrected chi connectivity index (χ1v) is 9.85. The lowest BCUT2D eigenvalue weighted by Crippen LogP contribution is -2.17. The minimum absolute atomic E-state index is 0.297. The molecule has 2 aliphatic rings. The zero-order valence-corrected chi connectivity index (χ0v) is 16.2. The Balaban J connectivity index is 1.50. The number of carbonyl (C=O) groups excluding carboxylic acids is 1. The van der Waals surface area contributed by atoms with Crippen molar-refractivity contribution >= 4 is 11.6 Å². The van der Waals surface area contributed by atoms with Crippen LogP contribution >= 0.6 is 0 Å². The number of carbonyl (C=O) groups is 1. The monoisotopic (exact) mass is 392 g/mol. The third-order valence-corrected chi connectivity index (χ3v) is 5.60. The van der Waals surface area contributed by atoms with Gasteiger partial charge < -0.3 is 10.1 Å². The molecule has 3 heterocycles. The first-order valence-electron chi connectivity index (χ1n) is 9.85. The van der Waals surface area contributed by atoms with Crippen molar-refractivity contribution in [3.05, 3.63) is 70.1 Å². The maximum atomic E-state index is 14.5. The normalized spacial score (nSPS) is 15.1. The summed E-state index contributed by atoms with van der Waals surface area (Å²) in [6.45, 7) is 3.02. The number of aromatic nitrogens is 3. The van der Waals surface area contributed by atoms with Gasteiger partial charge in [0.25, 0.3) is 5.91 Å². The first kappa shape index (κ1) is 18.0. The minimum Gasteiger partial charge on any atom is -0.376 e. The topological polar surface area (TPSA) is 69.0 Å². The van der Waals surface area contributed by atoms with Crippen LogP contribution in [0.2, 0.25) is 0 Å². The van der Waals surface area contributed by atoms with Crippen molar-refractivity contribution in [3.8, 4) is 5.69 Å².